The number of nitrogens with zero attached hydrogens (tertiary/aromatic N) is 3. The standard InChI is InChI=1S/C30H27Cl2F4N5O5/c1-3-46-27-15(11-23(37)42)10-22(39-26(27)14-7-19(31)24(33)20(32)8-14)29(44,30(34,35)36)13-38-28(43)16-6-17-12-41(18-4-5-18)40-25(17)21(9-16)45-2/h6-10,12,18,44H,3-5,11,13H2,1-2H3,(H2,37,42)(H,38,43)/t29-/m0/s1. The Hall–Kier alpha value is -4.14. The molecule has 5 rings (SSSR count). The van der Waals surface area contributed by atoms with Gasteiger partial charge in [0.25, 0.3) is 5.91 Å². The van der Waals surface area contributed by atoms with Crippen LogP contribution in [-0.2, 0) is 16.8 Å². The predicted molar refractivity (Wildman–Crippen MR) is 161 cm³/mol. The molecule has 1 fully saturated rings. The van der Waals surface area contributed by atoms with Crippen LogP contribution in [0.25, 0.3) is 22.2 Å². The molecular weight excluding hydrogens is 657 g/mol. The van der Waals surface area contributed by atoms with Crippen molar-refractivity contribution in [2.45, 2.75) is 44.0 Å². The number of amides is 2. The Kier molecular flexibility index (Phi) is 9.08. The largest absolute Gasteiger partial charge is 0.494 e. The molecule has 1 aliphatic rings. The van der Waals surface area contributed by atoms with Gasteiger partial charge in [0.05, 0.1) is 48.5 Å². The number of carbonyl (C=O) groups excluding carboxylic acids is 2. The molecule has 1 aliphatic carbocycles. The molecule has 1 atom stereocenters. The van der Waals surface area contributed by atoms with Crippen LogP contribution in [-0.4, -0.2) is 58.1 Å². The number of primary amides is 1. The number of fused-ring (bicyclic) bond motifs is 1. The number of benzene rings is 2. The summed E-state index contributed by atoms with van der Waals surface area (Å²) in [4.78, 5) is 29.2. The highest BCUT2D eigenvalue weighted by Gasteiger charge is 2.57. The third kappa shape index (κ3) is 6.42. The Morgan fingerprint density at radius 3 is 2.39 bits per heavy atom. The van der Waals surface area contributed by atoms with Crippen LogP contribution in [0.2, 0.25) is 10.0 Å². The normalized spacial score (nSPS) is 14.6. The highest BCUT2D eigenvalue weighted by Crippen LogP contribution is 2.43. The predicted octanol–water partition coefficient (Wildman–Crippen LogP) is 5.49. The third-order valence-electron chi connectivity index (χ3n) is 7.35. The Morgan fingerprint density at radius 2 is 1.83 bits per heavy atom. The molecule has 0 radical (unpaired) electrons. The van der Waals surface area contributed by atoms with E-state index in [9.17, 15) is 32.3 Å². The number of pyridine rings is 1. The lowest BCUT2D eigenvalue weighted by atomic mass is 9.93. The molecule has 46 heavy (non-hydrogen) atoms. The van der Waals surface area contributed by atoms with E-state index in [1.807, 2.05) is 0 Å². The van der Waals surface area contributed by atoms with Crippen molar-refractivity contribution in [1.29, 1.82) is 0 Å². The fourth-order valence-electron chi connectivity index (χ4n) is 4.89. The number of alkyl halides is 3. The first kappa shape index (κ1) is 33.2. The van der Waals surface area contributed by atoms with Gasteiger partial charge >= 0.3 is 6.18 Å². The lowest BCUT2D eigenvalue weighted by molar-refractivity contribution is -0.265. The number of aromatic nitrogens is 3. The van der Waals surface area contributed by atoms with E-state index >= 15 is 0 Å². The van der Waals surface area contributed by atoms with Crippen LogP contribution in [0.15, 0.2) is 36.5 Å². The first-order valence-corrected chi connectivity index (χ1v) is 14.7. The molecular formula is C30H27Cl2F4N5O5. The smallest absolute Gasteiger partial charge is 0.424 e. The molecule has 2 heterocycles. The van der Waals surface area contributed by atoms with E-state index < -0.39 is 58.1 Å². The second kappa shape index (κ2) is 12.6. The lowest BCUT2D eigenvalue weighted by Gasteiger charge is -2.31. The van der Waals surface area contributed by atoms with E-state index in [1.165, 1.54) is 19.2 Å². The fourth-order valence-corrected chi connectivity index (χ4v) is 5.38. The van der Waals surface area contributed by atoms with E-state index in [0.717, 1.165) is 31.0 Å². The number of ether oxygens (including phenoxy) is 2. The van der Waals surface area contributed by atoms with Gasteiger partial charge in [0, 0.05) is 28.3 Å². The average molecular weight is 684 g/mol. The van der Waals surface area contributed by atoms with Gasteiger partial charge in [0.2, 0.25) is 11.5 Å². The summed E-state index contributed by atoms with van der Waals surface area (Å²) in [5.41, 5.74) is 0.422. The van der Waals surface area contributed by atoms with Crippen molar-refractivity contribution in [3.05, 3.63) is 69.2 Å². The molecule has 4 N–H and O–H groups in total. The van der Waals surface area contributed by atoms with E-state index in [-0.39, 0.29) is 46.5 Å². The zero-order valence-corrected chi connectivity index (χ0v) is 25.9. The SMILES string of the molecule is CCOc1c(CC(N)=O)cc([C@@](O)(CNC(=O)c2cc(OC)c3nn(C4CC4)cc3c2)C(F)(F)F)nc1-c1cc(Cl)c(F)c(Cl)c1. The molecule has 1 saturated carbocycles. The van der Waals surface area contributed by atoms with Gasteiger partial charge in [-0.1, -0.05) is 23.2 Å². The van der Waals surface area contributed by atoms with Crippen LogP contribution in [0.5, 0.6) is 11.5 Å². The van der Waals surface area contributed by atoms with E-state index in [0.29, 0.717) is 10.9 Å². The molecule has 4 aromatic rings. The fraction of sp³-hybridized carbons (Fsp3) is 0.333. The van der Waals surface area contributed by atoms with Crippen molar-refractivity contribution in [3.63, 3.8) is 0 Å². The second-order valence-electron chi connectivity index (χ2n) is 10.7. The summed E-state index contributed by atoms with van der Waals surface area (Å²) < 4.78 is 71.1. The first-order valence-electron chi connectivity index (χ1n) is 13.9. The highest BCUT2D eigenvalue weighted by molar-refractivity contribution is 6.35. The van der Waals surface area contributed by atoms with Crippen molar-refractivity contribution >= 4 is 45.9 Å². The summed E-state index contributed by atoms with van der Waals surface area (Å²) in [6.45, 7) is 0.162. The number of methoxy groups -OCH3 is 1. The van der Waals surface area contributed by atoms with E-state index in [1.54, 1.807) is 17.8 Å². The third-order valence-corrected chi connectivity index (χ3v) is 7.90. The van der Waals surface area contributed by atoms with Gasteiger partial charge in [-0.3, -0.25) is 14.3 Å². The van der Waals surface area contributed by atoms with Crippen LogP contribution < -0.4 is 20.5 Å². The first-order chi connectivity index (χ1) is 21.7. The second-order valence-corrected chi connectivity index (χ2v) is 11.5. The summed E-state index contributed by atoms with van der Waals surface area (Å²) in [6.07, 6.45) is -2.41. The van der Waals surface area contributed by atoms with Crippen molar-refractivity contribution in [2.75, 3.05) is 20.3 Å². The number of rotatable bonds is 11. The molecule has 2 aromatic heterocycles. The zero-order chi connectivity index (χ0) is 33.6. The van der Waals surface area contributed by atoms with Gasteiger partial charge in [0.1, 0.15) is 22.7 Å². The molecule has 0 unspecified atom stereocenters. The van der Waals surface area contributed by atoms with Crippen LogP contribution in [0, 0.1) is 5.82 Å². The van der Waals surface area contributed by atoms with Gasteiger partial charge in [-0.05, 0) is 50.1 Å². The molecule has 16 heteroatoms. The summed E-state index contributed by atoms with van der Waals surface area (Å²) in [6, 6.07) is 5.92. The Bertz CT molecular complexity index is 1820. The van der Waals surface area contributed by atoms with Crippen LogP contribution in [0.1, 0.15) is 47.4 Å². The van der Waals surface area contributed by atoms with Crippen molar-refractivity contribution in [1.82, 2.24) is 20.1 Å². The monoisotopic (exact) mass is 683 g/mol. The molecule has 0 aliphatic heterocycles. The maximum atomic E-state index is 14.7. The van der Waals surface area contributed by atoms with Crippen molar-refractivity contribution in [3.8, 4) is 22.8 Å². The van der Waals surface area contributed by atoms with Gasteiger partial charge in [-0.2, -0.15) is 18.3 Å². The average Bonchev–Trinajstić information content (AvgIpc) is 3.75. The molecule has 0 spiro atoms. The van der Waals surface area contributed by atoms with Gasteiger partial charge < -0.3 is 25.6 Å². The summed E-state index contributed by atoms with van der Waals surface area (Å²) in [5, 5.41) is 17.5. The number of hydrogen-bond acceptors (Lipinski definition) is 7. The molecule has 0 saturated heterocycles. The summed E-state index contributed by atoms with van der Waals surface area (Å²) >= 11 is 11.9. The number of aliphatic hydroxyl groups is 1. The van der Waals surface area contributed by atoms with E-state index in [4.69, 9.17) is 38.4 Å². The van der Waals surface area contributed by atoms with Crippen molar-refractivity contribution < 1.29 is 41.7 Å². The minimum Gasteiger partial charge on any atom is -0.494 e. The molecule has 10 nitrogen and oxygen atoms in total. The van der Waals surface area contributed by atoms with Crippen LogP contribution >= 0.6 is 23.2 Å². The number of carbonyl (C=O) groups is 2. The number of hydrogen-bond donors (Lipinski definition) is 3. The lowest BCUT2D eigenvalue weighted by Crippen LogP contribution is -2.51. The van der Waals surface area contributed by atoms with Gasteiger partial charge in [-0.15, -0.1) is 0 Å². The quantitative estimate of drug-likeness (QED) is 0.140. The van der Waals surface area contributed by atoms with Crippen LogP contribution in [0.4, 0.5) is 17.6 Å². The Balaban J connectivity index is 1.58. The minimum atomic E-state index is -5.41. The summed E-state index contributed by atoms with van der Waals surface area (Å²) in [5.74, 6) is -2.80. The number of nitrogens with two attached hydrogens (primary N) is 1. The Morgan fingerprint density at radius 1 is 1.15 bits per heavy atom. The van der Waals surface area contributed by atoms with Crippen LogP contribution in [0.3, 0.4) is 0 Å². The molecule has 244 valence electrons. The van der Waals surface area contributed by atoms with E-state index in [2.05, 4.69) is 15.4 Å². The molecule has 2 aromatic carbocycles. The van der Waals surface area contributed by atoms with Gasteiger partial charge in [-0.25, -0.2) is 9.37 Å². The summed E-state index contributed by atoms with van der Waals surface area (Å²) in [7, 11) is 1.37. The minimum absolute atomic E-state index is 0.0184. The number of halogens is 6. The molecule has 0 bridgehead atoms. The number of nitrogens with one attached hydrogen (secondary N) is 1. The highest BCUT2D eigenvalue weighted by atomic mass is 35.5. The topological polar surface area (TPSA) is 142 Å². The zero-order valence-electron chi connectivity index (χ0n) is 24.3. The molecule has 2 amide bonds. The Labute approximate surface area is 269 Å². The van der Waals surface area contributed by atoms with Crippen molar-refractivity contribution in [2.24, 2.45) is 5.73 Å². The maximum absolute atomic E-state index is 14.7. The van der Waals surface area contributed by atoms with Gasteiger partial charge in [0.15, 0.2) is 5.82 Å². The maximum Gasteiger partial charge on any atom is 0.424 e.